The summed E-state index contributed by atoms with van der Waals surface area (Å²) in [5.41, 5.74) is 2.15. The minimum atomic E-state index is 0.556. The van der Waals surface area contributed by atoms with E-state index < -0.39 is 0 Å². The molecule has 0 fully saturated rings. The number of benzene rings is 2. The highest BCUT2D eigenvalue weighted by molar-refractivity contribution is 7.99. The standard InChI is InChI=1S/C20H20N4O2S/c1-24-19(15-13-21-16-8-4-3-7-14(15)16)22-23-20(24)27-12-11-26-18-10-6-5-9-17(18)25-2/h3-10,13,21H,11-12H2,1-2H3. The normalized spacial score (nSPS) is 11.0. The van der Waals surface area contributed by atoms with E-state index in [1.54, 1.807) is 18.9 Å². The zero-order chi connectivity index (χ0) is 18.6. The fraction of sp³-hybridized carbons (Fsp3) is 0.200. The summed E-state index contributed by atoms with van der Waals surface area (Å²) in [6.07, 6.45) is 1.98. The molecule has 1 N–H and O–H groups in total. The predicted octanol–water partition coefficient (Wildman–Crippen LogP) is 4.14. The lowest BCUT2D eigenvalue weighted by atomic mass is 10.1. The number of fused-ring (bicyclic) bond motifs is 1. The molecule has 138 valence electrons. The molecule has 27 heavy (non-hydrogen) atoms. The van der Waals surface area contributed by atoms with Gasteiger partial charge in [-0.1, -0.05) is 42.1 Å². The molecule has 7 heteroatoms. The number of thioether (sulfide) groups is 1. The van der Waals surface area contributed by atoms with E-state index in [4.69, 9.17) is 9.47 Å². The number of aromatic nitrogens is 4. The molecule has 4 aromatic rings. The Morgan fingerprint density at radius 1 is 1.04 bits per heavy atom. The van der Waals surface area contributed by atoms with E-state index in [1.165, 1.54) is 0 Å². The largest absolute Gasteiger partial charge is 0.493 e. The monoisotopic (exact) mass is 380 g/mol. The molecule has 0 bridgehead atoms. The summed E-state index contributed by atoms with van der Waals surface area (Å²) in [4.78, 5) is 3.28. The van der Waals surface area contributed by atoms with Crippen LogP contribution in [-0.4, -0.2) is 39.2 Å². The number of hydrogen-bond donors (Lipinski definition) is 1. The summed E-state index contributed by atoms with van der Waals surface area (Å²) < 4.78 is 13.1. The van der Waals surface area contributed by atoms with Crippen molar-refractivity contribution in [3.8, 4) is 22.9 Å². The summed E-state index contributed by atoms with van der Waals surface area (Å²) in [5.74, 6) is 3.10. The zero-order valence-corrected chi connectivity index (χ0v) is 16.0. The Kier molecular flexibility index (Phi) is 5.02. The Balaban J connectivity index is 1.42. The SMILES string of the molecule is COc1ccccc1OCCSc1nnc(-c2c[nH]c3ccccc23)n1C. The highest BCUT2D eigenvalue weighted by Gasteiger charge is 2.14. The highest BCUT2D eigenvalue weighted by Crippen LogP contribution is 2.29. The van der Waals surface area contributed by atoms with Crippen LogP contribution in [0, 0.1) is 0 Å². The van der Waals surface area contributed by atoms with Crippen LogP contribution in [0.5, 0.6) is 11.5 Å². The summed E-state index contributed by atoms with van der Waals surface area (Å²) in [5, 5.41) is 10.7. The second kappa shape index (κ2) is 7.75. The molecule has 2 aromatic heterocycles. The minimum absolute atomic E-state index is 0.556. The van der Waals surface area contributed by atoms with Crippen molar-refractivity contribution in [1.82, 2.24) is 19.7 Å². The van der Waals surface area contributed by atoms with Crippen LogP contribution >= 0.6 is 11.8 Å². The second-order valence-electron chi connectivity index (χ2n) is 5.96. The van der Waals surface area contributed by atoms with Gasteiger partial charge in [0, 0.05) is 35.5 Å². The van der Waals surface area contributed by atoms with Crippen LogP contribution in [0.25, 0.3) is 22.3 Å². The summed E-state index contributed by atoms with van der Waals surface area (Å²) in [7, 11) is 3.63. The van der Waals surface area contributed by atoms with Gasteiger partial charge >= 0.3 is 0 Å². The van der Waals surface area contributed by atoms with Gasteiger partial charge in [-0.15, -0.1) is 10.2 Å². The van der Waals surface area contributed by atoms with Gasteiger partial charge in [0.15, 0.2) is 22.5 Å². The number of ether oxygens (including phenoxy) is 2. The topological polar surface area (TPSA) is 65.0 Å². The van der Waals surface area contributed by atoms with Gasteiger partial charge in [0.2, 0.25) is 0 Å². The molecule has 0 saturated heterocycles. The van der Waals surface area contributed by atoms with Crippen molar-refractivity contribution >= 4 is 22.7 Å². The van der Waals surface area contributed by atoms with E-state index in [9.17, 15) is 0 Å². The van der Waals surface area contributed by atoms with E-state index in [0.717, 1.165) is 44.7 Å². The number of aromatic amines is 1. The van der Waals surface area contributed by atoms with Crippen LogP contribution in [0.4, 0.5) is 0 Å². The van der Waals surface area contributed by atoms with Crippen LogP contribution < -0.4 is 9.47 Å². The molecule has 0 radical (unpaired) electrons. The lowest BCUT2D eigenvalue weighted by Crippen LogP contribution is -2.03. The number of rotatable bonds is 7. The maximum Gasteiger partial charge on any atom is 0.191 e. The van der Waals surface area contributed by atoms with Crippen molar-refractivity contribution in [3.63, 3.8) is 0 Å². The van der Waals surface area contributed by atoms with Crippen molar-refractivity contribution in [1.29, 1.82) is 0 Å². The van der Waals surface area contributed by atoms with Crippen LogP contribution in [0.3, 0.4) is 0 Å². The first-order valence-electron chi connectivity index (χ1n) is 8.62. The van der Waals surface area contributed by atoms with E-state index in [0.29, 0.717) is 6.61 Å². The van der Waals surface area contributed by atoms with Gasteiger partial charge in [0.1, 0.15) is 0 Å². The first kappa shape index (κ1) is 17.5. The van der Waals surface area contributed by atoms with Crippen molar-refractivity contribution in [2.75, 3.05) is 19.5 Å². The van der Waals surface area contributed by atoms with E-state index in [1.807, 2.05) is 54.2 Å². The smallest absolute Gasteiger partial charge is 0.191 e. The van der Waals surface area contributed by atoms with Gasteiger partial charge in [-0.2, -0.15) is 0 Å². The number of methoxy groups -OCH3 is 1. The molecule has 0 spiro atoms. The van der Waals surface area contributed by atoms with Gasteiger partial charge in [0.25, 0.3) is 0 Å². The molecule has 0 aliphatic rings. The van der Waals surface area contributed by atoms with Gasteiger partial charge in [-0.3, -0.25) is 0 Å². The summed E-state index contributed by atoms with van der Waals surface area (Å²) in [6.45, 7) is 0.556. The third kappa shape index (κ3) is 3.50. The second-order valence-corrected chi connectivity index (χ2v) is 7.02. The Morgan fingerprint density at radius 2 is 1.81 bits per heavy atom. The Morgan fingerprint density at radius 3 is 2.67 bits per heavy atom. The van der Waals surface area contributed by atoms with E-state index in [-0.39, 0.29) is 0 Å². The van der Waals surface area contributed by atoms with Crippen LogP contribution in [0.2, 0.25) is 0 Å². The summed E-state index contributed by atoms with van der Waals surface area (Å²) in [6, 6.07) is 15.8. The highest BCUT2D eigenvalue weighted by atomic mass is 32.2. The zero-order valence-electron chi connectivity index (χ0n) is 15.2. The fourth-order valence-corrected chi connectivity index (χ4v) is 3.68. The first-order chi connectivity index (χ1) is 13.3. The molecular formula is C20H20N4O2S. The van der Waals surface area contributed by atoms with Crippen molar-refractivity contribution in [3.05, 3.63) is 54.7 Å². The maximum absolute atomic E-state index is 5.82. The number of hydrogen-bond acceptors (Lipinski definition) is 5. The number of nitrogens with zero attached hydrogens (tertiary/aromatic N) is 3. The van der Waals surface area contributed by atoms with Gasteiger partial charge in [0.05, 0.1) is 13.7 Å². The number of nitrogens with one attached hydrogen (secondary N) is 1. The van der Waals surface area contributed by atoms with Crippen molar-refractivity contribution in [2.45, 2.75) is 5.16 Å². The Labute approximate surface area is 161 Å². The molecule has 4 rings (SSSR count). The Bertz CT molecular complexity index is 1060. The average Bonchev–Trinajstić information content (AvgIpc) is 3.29. The van der Waals surface area contributed by atoms with E-state index in [2.05, 4.69) is 27.3 Å². The summed E-state index contributed by atoms with van der Waals surface area (Å²) >= 11 is 1.62. The van der Waals surface area contributed by atoms with Crippen molar-refractivity contribution in [2.24, 2.45) is 7.05 Å². The Hall–Kier alpha value is -2.93. The lowest BCUT2D eigenvalue weighted by molar-refractivity contribution is 0.313. The first-order valence-corrected chi connectivity index (χ1v) is 9.61. The third-order valence-corrected chi connectivity index (χ3v) is 5.29. The molecule has 0 atom stereocenters. The minimum Gasteiger partial charge on any atom is -0.493 e. The molecule has 2 heterocycles. The van der Waals surface area contributed by atoms with Crippen molar-refractivity contribution < 1.29 is 9.47 Å². The average molecular weight is 380 g/mol. The predicted molar refractivity (Wildman–Crippen MR) is 108 cm³/mol. The molecular weight excluding hydrogens is 360 g/mol. The number of para-hydroxylation sites is 3. The molecule has 0 unspecified atom stereocenters. The number of H-pyrrole nitrogens is 1. The lowest BCUT2D eigenvalue weighted by Gasteiger charge is -2.09. The van der Waals surface area contributed by atoms with E-state index >= 15 is 0 Å². The molecule has 0 amide bonds. The van der Waals surface area contributed by atoms with Gasteiger partial charge in [-0.25, -0.2) is 0 Å². The molecule has 2 aromatic carbocycles. The van der Waals surface area contributed by atoms with Gasteiger partial charge < -0.3 is 19.0 Å². The fourth-order valence-electron chi connectivity index (χ4n) is 2.95. The van der Waals surface area contributed by atoms with Crippen LogP contribution in [-0.2, 0) is 7.05 Å². The maximum atomic E-state index is 5.82. The van der Waals surface area contributed by atoms with Crippen LogP contribution in [0.15, 0.2) is 59.9 Å². The third-order valence-electron chi connectivity index (χ3n) is 4.31. The molecule has 6 nitrogen and oxygen atoms in total. The quantitative estimate of drug-likeness (QED) is 0.386. The molecule has 0 aliphatic heterocycles. The molecule has 0 aliphatic carbocycles. The molecule has 0 saturated carbocycles. The van der Waals surface area contributed by atoms with Gasteiger partial charge in [-0.05, 0) is 18.2 Å². The van der Waals surface area contributed by atoms with Crippen LogP contribution in [0.1, 0.15) is 0 Å².